The van der Waals surface area contributed by atoms with Crippen molar-refractivity contribution in [3.8, 4) is 17.1 Å². The Morgan fingerprint density at radius 2 is 1.70 bits per heavy atom. The fourth-order valence-electron chi connectivity index (χ4n) is 4.16. The summed E-state index contributed by atoms with van der Waals surface area (Å²) >= 11 is 0. The van der Waals surface area contributed by atoms with Gasteiger partial charge in [-0.1, -0.05) is 12.1 Å². The van der Waals surface area contributed by atoms with Crippen molar-refractivity contribution < 1.29 is 14.6 Å². The molecule has 7 heteroatoms. The van der Waals surface area contributed by atoms with Gasteiger partial charge in [0.05, 0.1) is 30.5 Å². The fraction of sp³-hybridized carbons (Fsp3) is 0.435. The molecule has 0 atom stereocenters. The van der Waals surface area contributed by atoms with Gasteiger partial charge in [0, 0.05) is 36.7 Å². The van der Waals surface area contributed by atoms with Crippen LogP contribution in [0, 0.1) is 0 Å². The first-order valence-corrected chi connectivity index (χ1v) is 10.7. The highest BCUT2D eigenvalue weighted by Gasteiger charge is 2.23. The second kappa shape index (κ2) is 8.53. The van der Waals surface area contributed by atoms with E-state index in [1.807, 2.05) is 6.07 Å². The minimum Gasteiger partial charge on any atom is -0.473 e. The van der Waals surface area contributed by atoms with Crippen LogP contribution >= 0.6 is 0 Å². The minimum atomic E-state index is -0.217. The number of ether oxygens (including phenoxy) is 2. The summed E-state index contributed by atoms with van der Waals surface area (Å²) in [5, 5.41) is 9.77. The molecule has 2 fully saturated rings. The number of fused-ring (bicyclic) bond motifs is 1. The Balaban J connectivity index is 1.44. The Morgan fingerprint density at radius 3 is 2.47 bits per heavy atom. The number of benzene rings is 1. The molecule has 2 aliphatic rings. The van der Waals surface area contributed by atoms with E-state index in [1.54, 1.807) is 12.4 Å². The number of anilines is 1. The third-order valence-corrected chi connectivity index (χ3v) is 5.89. The molecule has 1 aliphatic heterocycles. The van der Waals surface area contributed by atoms with Gasteiger partial charge in [0.1, 0.15) is 6.10 Å². The molecule has 7 nitrogen and oxygen atoms in total. The molecule has 0 spiro atoms. The van der Waals surface area contributed by atoms with Gasteiger partial charge in [-0.25, -0.2) is 9.97 Å². The van der Waals surface area contributed by atoms with Gasteiger partial charge < -0.3 is 19.5 Å². The summed E-state index contributed by atoms with van der Waals surface area (Å²) in [5.74, 6) is 0.522. The first kappa shape index (κ1) is 19.2. The zero-order valence-corrected chi connectivity index (χ0v) is 16.9. The maximum atomic E-state index is 9.77. The lowest BCUT2D eigenvalue weighted by Gasteiger charge is -2.29. The number of hydrogen-bond acceptors (Lipinski definition) is 7. The van der Waals surface area contributed by atoms with E-state index in [1.165, 1.54) is 5.69 Å². The lowest BCUT2D eigenvalue weighted by atomic mass is 9.95. The van der Waals surface area contributed by atoms with Crippen LogP contribution in [0.1, 0.15) is 25.7 Å². The van der Waals surface area contributed by atoms with Crippen molar-refractivity contribution in [1.29, 1.82) is 0 Å². The van der Waals surface area contributed by atoms with Gasteiger partial charge in [-0.05, 0) is 43.9 Å². The number of aliphatic hydroxyl groups is 1. The van der Waals surface area contributed by atoms with E-state index >= 15 is 0 Å². The summed E-state index contributed by atoms with van der Waals surface area (Å²) in [6.45, 7) is 3.37. The van der Waals surface area contributed by atoms with Gasteiger partial charge in [-0.3, -0.25) is 4.98 Å². The molecule has 0 unspecified atom stereocenters. The molecule has 30 heavy (non-hydrogen) atoms. The predicted molar refractivity (Wildman–Crippen MR) is 115 cm³/mol. The first-order chi connectivity index (χ1) is 14.8. The maximum Gasteiger partial charge on any atom is 0.243 e. The van der Waals surface area contributed by atoms with Crippen molar-refractivity contribution in [2.75, 3.05) is 31.2 Å². The Labute approximate surface area is 175 Å². The maximum absolute atomic E-state index is 9.77. The van der Waals surface area contributed by atoms with Crippen LogP contribution in [0.15, 0.2) is 42.7 Å². The van der Waals surface area contributed by atoms with Gasteiger partial charge in [0.15, 0.2) is 5.52 Å². The van der Waals surface area contributed by atoms with Gasteiger partial charge in [-0.15, -0.1) is 0 Å². The lowest BCUT2D eigenvalue weighted by Crippen LogP contribution is -2.36. The minimum absolute atomic E-state index is 0.0463. The van der Waals surface area contributed by atoms with Gasteiger partial charge >= 0.3 is 0 Å². The van der Waals surface area contributed by atoms with Gasteiger partial charge in [-0.2, -0.15) is 0 Å². The van der Waals surface area contributed by atoms with E-state index in [-0.39, 0.29) is 12.2 Å². The predicted octanol–water partition coefficient (Wildman–Crippen LogP) is 3.21. The van der Waals surface area contributed by atoms with Crippen molar-refractivity contribution in [3.63, 3.8) is 0 Å². The molecule has 156 valence electrons. The van der Waals surface area contributed by atoms with Crippen LogP contribution in [0.4, 0.5) is 5.69 Å². The third-order valence-electron chi connectivity index (χ3n) is 5.89. The average molecular weight is 406 g/mol. The number of pyridine rings is 1. The van der Waals surface area contributed by atoms with Crippen molar-refractivity contribution in [1.82, 2.24) is 15.0 Å². The zero-order valence-electron chi connectivity index (χ0n) is 16.9. The average Bonchev–Trinajstić information content (AvgIpc) is 2.81. The number of aliphatic hydroxyl groups excluding tert-OH is 1. The first-order valence-electron chi connectivity index (χ1n) is 10.7. The molecule has 1 saturated carbocycles. The molecule has 2 aromatic heterocycles. The van der Waals surface area contributed by atoms with E-state index in [4.69, 9.17) is 14.5 Å². The largest absolute Gasteiger partial charge is 0.473 e. The summed E-state index contributed by atoms with van der Waals surface area (Å²) in [7, 11) is 0. The van der Waals surface area contributed by atoms with E-state index in [2.05, 4.69) is 39.1 Å². The molecule has 1 aliphatic carbocycles. The Hall–Kier alpha value is -2.77. The van der Waals surface area contributed by atoms with Crippen molar-refractivity contribution in [2.24, 2.45) is 0 Å². The quantitative estimate of drug-likeness (QED) is 0.712. The van der Waals surface area contributed by atoms with E-state index in [9.17, 15) is 5.11 Å². The smallest absolute Gasteiger partial charge is 0.243 e. The molecule has 0 radical (unpaired) electrons. The van der Waals surface area contributed by atoms with E-state index in [0.717, 1.165) is 68.8 Å². The molecule has 1 aromatic carbocycles. The van der Waals surface area contributed by atoms with Crippen LogP contribution < -0.4 is 9.64 Å². The van der Waals surface area contributed by atoms with Crippen LogP contribution in [0.3, 0.4) is 0 Å². The molecular weight excluding hydrogens is 380 g/mol. The number of aromatic nitrogens is 3. The van der Waals surface area contributed by atoms with Crippen molar-refractivity contribution >= 4 is 16.7 Å². The zero-order chi connectivity index (χ0) is 20.3. The van der Waals surface area contributed by atoms with Crippen LogP contribution in [-0.2, 0) is 4.74 Å². The standard InChI is InChI=1S/C23H26N4O3/c28-18-5-7-19(8-6-18)30-23-22-21(24-9-10-25-22)15-20(26-23)16-1-3-17(4-2-16)27-11-13-29-14-12-27/h1-4,9-10,15,18-19,28H,5-8,11-14H2. The van der Waals surface area contributed by atoms with E-state index in [0.29, 0.717) is 11.4 Å². The number of rotatable bonds is 4. The summed E-state index contributed by atoms with van der Waals surface area (Å²) < 4.78 is 11.7. The summed E-state index contributed by atoms with van der Waals surface area (Å²) in [6.07, 6.45) is 6.35. The van der Waals surface area contributed by atoms with Crippen LogP contribution in [0.2, 0.25) is 0 Å². The molecular formula is C23H26N4O3. The number of morpholine rings is 1. The second-order valence-corrected chi connectivity index (χ2v) is 7.93. The second-order valence-electron chi connectivity index (χ2n) is 7.93. The molecule has 1 saturated heterocycles. The normalized spacial score (nSPS) is 22.2. The monoisotopic (exact) mass is 406 g/mol. The molecule has 0 bridgehead atoms. The number of nitrogens with zero attached hydrogens (tertiary/aromatic N) is 4. The van der Waals surface area contributed by atoms with Crippen LogP contribution in [0.25, 0.3) is 22.3 Å². The summed E-state index contributed by atoms with van der Waals surface area (Å²) in [5.41, 5.74) is 4.48. The lowest BCUT2D eigenvalue weighted by molar-refractivity contribution is 0.0651. The van der Waals surface area contributed by atoms with Crippen LogP contribution in [0.5, 0.6) is 5.88 Å². The Morgan fingerprint density at radius 1 is 0.967 bits per heavy atom. The van der Waals surface area contributed by atoms with Crippen molar-refractivity contribution in [3.05, 3.63) is 42.7 Å². The molecule has 0 amide bonds. The van der Waals surface area contributed by atoms with E-state index < -0.39 is 0 Å². The number of hydrogen-bond donors (Lipinski definition) is 1. The Bertz CT molecular complexity index is 997. The fourth-order valence-corrected chi connectivity index (χ4v) is 4.16. The van der Waals surface area contributed by atoms with Crippen molar-refractivity contribution in [2.45, 2.75) is 37.9 Å². The molecule has 3 heterocycles. The highest BCUT2D eigenvalue weighted by Crippen LogP contribution is 2.31. The Kier molecular flexibility index (Phi) is 5.46. The molecule has 1 N–H and O–H groups in total. The highest BCUT2D eigenvalue weighted by molar-refractivity contribution is 5.83. The summed E-state index contributed by atoms with van der Waals surface area (Å²) in [6, 6.07) is 10.4. The SMILES string of the molecule is OC1CCC(Oc2nc(-c3ccc(N4CCOCC4)cc3)cc3nccnc23)CC1. The van der Waals surface area contributed by atoms with Crippen LogP contribution in [-0.4, -0.2) is 58.6 Å². The van der Waals surface area contributed by atoms with Gasteiger partial charge in [0.2, 0.25) is 5.88 Å². The topological polar surface area (TPSA) is 80.6 Å². The summed E-state index contributed by atoms with van der Waals surface area (Å²) in [4.78, 5) is 16.1. The third kappa shape index (κ3) is 4.08. The highest BCUT2D eigenvalue weighted by atomic mass is 16.5. The molecule has 3 aromatic rings. The molecule has 5 rings (SSSR count). The van der Waals surface area contributed by atoms with Gasteiger partial charge in [0.25, 0.3) is 0 Å².